The predicted octanol–water partition coefficient (Wildman–Crippen LogP) is 3.59. The molecule has 200 valence electrons. The molecule has 3 N–H and O–H groups in total. The second-order valence-electron chi connectivity index (χ2n) is 10.2. The van der Waals surface area contributed by atoms with Gasteiger partial charge in [-0.05, 0) is 33.8 Å². The maximum absolute atomic E-state index is 14.5. The molecule has 0 bridgehead atoms. The van der Waals surface area contributed by atoms with Crippen LogP contribution >= 0.6 is 22.9 Å². The number of aromatic nitrogens is 1. The number of carbonyl (C=O) groups excluding carboxylic acids is 1. The van der Waals surface area contributed by atoms with Gasteiger partial charge in [-0.1, -0.05) is 23.7 Å². The fourth-order valence-corrected chi connectivity index (χ4v) is 5.49. The number of carbonyl (C=O) groups is 1. The van der Waals surface area contributed by atoms with E-state index in [-0.39, 0.29) is 23.2 Å². The van der Waals surface area contributed by atoms with Crippen LogP contribution in [0.2, 0.25) is 5.02 Å². The summed E-state index contributed by atoms with van der Waals surface area (Å²) in [5, 5.41) is 5.78. The number of hydrogen-bond acceptors (Lipinski definition) is 9. The molecule has 0 radical (unpaired) electrons. The van der Waals surface area contributed by atoms with Gasteiger partial charge in [0.2, 0.25) is 0 Å². The molecule has 0 saturated carbocycles. The van der Waals surface area contributed by atoms with Gasteiger partial charge < -0.3 is 15.8 Å². The maximum atomic E-state index is 14.5. The fourth-order valence-electron chi connectivity index (χ4n) is 4.67. The molecule has 37 heavy (non-hydrogen) atoms. The van der Waals surface area contributed by atoms with E-state index in [0.29, 0.717) is 40.8 Å². The van der Waals surface area contributed by atoms with E-state index in [1.165, 1.54) is 17.4 Å². The Labute approximate surface area is 226 Å². The summed E-state index contributed by atoms with van der Waals surface area (Å²) in [4.78, 5) is 27.2. The second kappa shape index (κ2) is 11.6. The van der Waals surface area contributed by atoms with E-state index in [1.54, 1.807) is 25.3 Å². The lowest BCUT2D eigenvalue weighted by Gasteiger charge is -2.35. The molecule has 1 aromatic heterocycles. The van der Waals surface area contributed by atoms with Crippen LogP contribution in [0.3, 0.4) is 0 Å². The van der Waals surface area contributed by atoms with Crippen molar-refractivity contribution in [1.29, 1.82) is 0 Å². The third-order valence-electron chi connectivity index (χ3n) is 6.50. The number of nitrogens with zero attached hydrogens (tertiary/aromatic N) is 4. The largest absolute Gasteiger partial charge is 0.463 e. The van der Waals surface area contributed by atoms with Gasteiger partial charge >= 0.3 is 5.97 Å². The topological polar surface area (TPSA) is 96.1 Å². The molecule has 3 heterocycles. The zero-order valence-corrected chi connectivity index (χ0v) is 23.2. The van der Waals surface area contributed by atoms with Crippen molar-refractivity contribution in [3.8, 4) is 0 Å². The van der Waals surface area contributed by atoms with E-state index in [1.807, 2.05) is 5.38 Å². The number of thiazole rings is 1. The summed E-state index contributed by atoms with van der Waals surface area (Å²) in [6.07, 6.45) is 1.69. The summed E-state index contributed by atoms with van der Waals surface area (Å²) < 4.78 is 20.0. The SMILES string of the molecule is CCOC(=O)C1=C(CN2CCN(C(C)(C)C)CC(N)C2)NC(c2nccs2)=N[C@H]1c1cccc(F)c1Cl. The Morgan fingerprint density at radius 3 is 2.78 bits per heavy atom. The molecule has 1 saturated heterocycles. The molecule has 0 amide bonds. The molecule has 2 aliphatic rings. The smallest absolute Gasteiger partial charge is 0.338 e. The summed E-state index contributed by atoms with van der Waals surface area (Å²) in [6, 6.07) is 3.62. The molecular weight excluding hydrogens is 515 g/mol. The maximum Gasteiger partial charge on any atom is 0.338 e. The molecule has 0 spiro atoms. The van der Waals surface area contributed by atoms with Crippen molar-refractivity contribution in [2.75, 3.05) is 39.3 Å². The number of nitrogens with two attached hydrogens (primary N) is 1. The molecule has 8 nitrogen and oxygen atoms in total. The van der Waals surface area contributed by atoms with E-state index in [4.69, 9.17) is 27.1 Å². The molecule has 2 aliphatic heterocycles. The molecule has 0 aliphatic carbocycles. The van der Waals surface area contributed by atoms with Crippen LogP contribution in [-0.2, 0) is 9.53 Å². The first-order chi connectivity index (χ1) is 17.6. The van der Waals surface area contributed by atoms with Crippen LogP contribution in [0.4, 0.5) is 4.39 Å². The molecule has 1 unspecified atom stereocenters. The van der Waals surface area contributed by atoms with Gasteiger partial charge in [0.15, 0.2) is 10.8 Å². The zero-order valence-electron chi connectivity index (χ0n) is 21.6. The van der Waals surface area contributed by atoms with Gasteiger partial charge in [0.1, 0.15) is 11.9 Å². The minimum Gasteiger partial charge on any atom is -0.463 e. The molecule has 2 atom stereocenters. The van der Waals surface area contributed by atoms with Gasteiger partial charge in [0.25, 0.3) is 0 Å². The number of nitrogens with one attached hydrogen (secondary N) is 1. The number of benzene rings is 1. The van der Waals surface area contributed by atoms with Gasteiger partial charge in [-0.15, -0.1) is 11.3 Å². The Morgan fingerprint density at radius 2 is 2.11 bits per heavy atom. The molecule has 1 aromatic carbocycles. The van der Waals surface area contributed by atoms with Crippen molar-refractivity contribution in [1.82, 2.24) is 20.1 Å². The lowest BCUT2D eigenvalue weighted by Crippen LogP contribution is -2.47. The zero-order chi connectivity index (χ0) is 26.7. The van der Waals surface area contributed by atoms with Crippen LogP contribution < -0.4 is 11.1 Å². The lowest BCUT2D eigenvalue weighted by atomic mass is 9.95. The van der Waals surface area contributed by atoms with Gasteiger partial charge in [0.05, 0.1) is 17.2 Å². The Hall–Kier alpha value is -2.37. The quantitative estimate of drug-likeness (QED) is 0.533. The van der Waals surface area contributed by atoms with E-state index < -0.39 is 17.8 Å². The van der Waals surface area contributed by atoms with Crippen LogP contribution in [0.1, 0.15) is 44.3 Å². The third-order valence-corrected chi connectivity index (χ3v) is 7.68. The fraction of sp³-hybridized carbons (Fsp3) is 0.500. The van der Waals surface area contributed by atoms with Gasteiger partial charge in [-0.3, -0.25) is 14.8 Å². The first-order valence-corrected chi connectivity index (χ1v) is 13.7. The molecule has 1 fully saturated rings. The van der Waals surface area contributed by atoms with Crippen molar-refractivity contribution >= 4 is 34.7 Å². The Morgan fingerprint density at radius 1 is 1.32 bits per heavy atom. The highest BCUT2D eigenvalue weighted by atomic mass is 35.5. The van der Waals surface area contributed by atoms with Gasteiger partial charge in [-0.2, -0.15) is 0 Å². The van der Waals surface area contributed by atoms with Crippen molar-refractivity contribution in [2.45, 2.75) is 45.3 Å². The van der Waals surface area contributed by atoms with E-state index in [0.717, 1.165) is 19.6 Å². The Balaban J connectivity index is 1.76. The standard InChI is InChI=1S/C26H34ClFN6O2S/c1-5-36-25(35)20-19(15-33-10-11-34(26(2,3)4)14-16(29)13-33)31-23(24-30-9-12-37-24)32-22(20)17-7-6-8-18(28)21(17)27/h6-9,12,16,22H,5,10-11,13-15,29H2,1-4H3,(H,31,32)/t16?,22-/m0/s1. The minimum absolute atomic E-state index is 0.00399. The summed E-state index contributed by atoms with van der Waals surface area (Å²) >= 11 is 7.82. The average Bonchev–Trinajstić information content (AvgIpc) is 3.30. The lowest BCUT2D eigenvalue weighted by molar-refractivity contribution is -0.139. The Kier molecular flexibility index (Phi) is 8.65. The number of ether oxygens (including phenoxy) is 1. The number of esters is 1. The minimum atomic E-state index is -0.857. The normalized spacial score (nSPS) is 21.9. The Bertz CT molecular complexity index is 1180. The highest BCUT2D eigenvalue weighted by Gasteiger charge is 2.36. The number of rotatable bonds is 6. The van der Waals surface area contributed by atoms with Crippen molar-refractivity contribution in [2.24, 2.45) is 10.7 Å². The number of amidine groups is 1. The number of halogens is 2. The van der Waals surface area contributed by atoms with Crippen molar-refractivity contribution < 1.29 is 13.9 Å². The van der Waals surface area contributed by atoms with Crippen LogP contribution in [0.5, 0.6) is 0 Å². The third kappa shape index (κ3) is 6.38. The first kappa shape index (κ1) is 27.7. The van der Waals surface area contributed by atoms with Crippen LogP contribution in [0, 0.1) is 5.82 Å². The highest BCUT2D eigenvalue weighted by molar-refractivity contribution is 7.11. The summed E-state index contributed by atoms with van der Waals surface area (Å²) in [6.45, 7) is 11.9. The number of aliphatic imine (C=N–C) groups is 1. The summed E-state index contributed by atoms with van der Waals surface area (Å²) in [7, 11) is 0. The van der Waals surface area contributed by atoms with Gasteiger partial charge in [-0.25, -0.2) is 14.2 Å². The van der Waals surface area contributed by atoms with E-state index in [2.05, 4.69) is 40.9 Å². The van der Waals surface area contributed by atoms with E-state index in [9.17, 15) is 9.18 Å². The monoisotopic (exact) mass is 548 g/mol. The predicted molar refractivity (Wildman–Crippen MR) is 145 cm³/mol. The average molecular weight is 549 g/mol. The second-order valence-corrected chi connectivity index (χ2v) is 11.5. The summed E-state index contributed by atoms with van der Waals surface area (Å²) in [5.74, 6) is -0.597. The molecule has 11 heteroatoms. The molecule has 2 aromatic rings. The van der Waals surface area contributed by atoms with Gasteiger partial charge in [0, 0.05) is 67.1 Å². The summed E-state index contributed by atoms with van der Waals surface area (Å²) in [5.41, 5.74) is 7.84. The van der Waals surface area contributed by atoms with Crippen molar-refractivity contribution in [3.63, 3.8) is 0 Å². The highest BCUT2D eigenvalue weighted by Crippen LogP contribution is 2.37. The van der Waals surface area contributed by atoms with Crippen LogP contribution in [0.25, 0.3) is 0 Å². The van der Waals surface area contributed by atoms with Crippen molar-refractivity contribution in [3.05, 3.63) is 62.5 Å². The number of hydrogen-bond donors (Lipinski definition) is 2. The first-order valence-electron chi connectivity index (χ1n) is 12.4. The van der Waals surface area contributed by atoms with Crippen LogP contribution in [-0.4, -0.2) is 77.5 Å². The van der Waals surface area contributed by atoms with Crippen LogP contribution in [0.15, 0.2) is 46.0 Å². The molecule has 4 rings (SSSR count). The molecular formula is C26H34ClFN6O2S. The van der Waals surface area contributed by atoms with E-state index >= 15 is 0 Å².